The van der Waals surface area contributed by atoms with Gasteiger partial charge in [-0.3, -0.25) is 4.99 Å². The Morgan fingerprint density at radius 1 is 1.18 bits per heavy atom. The van der Waals surface area contributed by atoms with E-state index in [1.54, 1.807) is 0 Å². The van der Waals surface area contributed by atoms with Crippen LogP contribution in [0.3, 0.4) is 0 Å². The Labute approximate surface area is 134 Å². The van der Waals surface area contributed by atoms with Crippen LogP contribution in [-0.4, -0.2) is 50.1 Å². The lowest BCUT2D eigenvalue weighted by Crippen LogP contribution is -2.40. The number of nitrogens with one attached hydrogen (secondary N) is 1. The lowest BCUT2D eigenvalue weighted by molar-refractivity contribution is 0.488. The average Bonchev–Trinajstić information content (AvgIpc) is 3.24. The molecular weight excluding hydrogens is 272 g/mol. The van der Waals surface area contributed by atoms with E-state index in [0.717, 1.165) is 45.2 Å². The van der Waals surface area contributed by atoms with Crippen molar-refractivity contribution < 1.29 is 0 Å². The van der Waals surface area contributed by atoms with Gasteiger partial charge in [-0.05, 0) is 44.2 Å². The fourth-order valence-electron chi connectivity index (χ4n) is 3.43. The summed E-state index contributed by atoms with van der Waals surface area (Å²) in [6, 6.07) is 10.7. The van der Waals surface area contributed by atoms with Gasteiger partial charge in [0.1, 0.15) is 0 Å². The van der Waals surface area contributed by atoms with Gasteiger partial charge in [-0.25, -0.2) is 0 Å². The average molecular weight is 300 g/mol. The van der Waals surface area contributed by atoms with Crippen LogP contribution in [0.15, 0.2) is 35.3 Å². The van der Waals surface area contributed by atoms with Gasteiger partial charge in [0.25, 0.3) is 0 Å². The van der Waals surface area contributed by atoms with Crippen molar-refractivity contribution in [3.63, 3.8) is 0 Å². The van der Waals surface area contributed by atoms with Crippen LogP contribution in [0.5, 0.6) is 0 Å². The fraction of sp³-hybridized carbons (Fsp3) is 0.611. The third-order valence-corrected chi connectivity index (χ3v) is 4.65. The normalized spacial score (nSPS) is 22.4. The Hall–Kier alpha value is -1.71. The Bertz CT molecular complexity index is 479. The van der Waals surface area contributed by atoms with Crippen molar-refractivity contribution in [3.05, 3.63) is 30.3 Å². The summed E-state index contributed by atoms with van der Waals surface area (Å²) in [5, 5.41) is 3.45. The largest absolute Gasteiger partial charge is 0.371 e. The zero-order chi connectivity index (χ0) is 15.2. The molecule has 0 radical (unpaired) electrons. The fourth-order valence-corrected chi connectivity index (χ4v) is 3.43. The molecule has 1 unspecified atom stereocenters. The van der Waals surface area contributed by atoms with Crippen molar-refractivity contribution >= 4 is 11.6 Å². The van der Waals surface area contributed by atoms with Crippen LogP contribution in [0.2, 0.25) is 0 Å². The van der Waals surface area contributed by atoms with Gasteiger partial charge >= 0.3 is 0 Å². The molecule has 0 bridgehead atoms. The number of guanidine groups is 1. The van der Waals surface area contributed by atoms with Gasteiger partial charge in [-0.1, -0.05) is 18.2 Å². The molecule has 2 heterocycles. The quantitative estimate of drug-likeness (QED) is 0.685. The molecule has 2 aliphatic rings. The molecule has 1 atom stereocenters. The highest BCUT2D eigenvalue weighted by Gasteiger charge is 2.23. The Morgan fingerprint density at radius 2 is 1.95 bits per heavy atom. The summed E-state index contributed by atoms with van der Waals surface area (Å²) in [5.74, 6) is 1.80. The maximum absolute atomic E-state index is 4.91. The summed E-state index contributed by atoms with van der Waals surface area (Å²) in [6.45, 7) is 8.66. The number of anilines is 1. The number of hydrogen-bond donors (Lipinski definition) is 1. The van der Waals surface area contributed by atoms with Gasteiger partial charge < -0.3 is 15.1 Å². The first-order valence-electron chi connectivity index (χ1n) is 8.70. The first-order valence-corrected chi connectivity index (χ1v) is 8.70. The van der Waals surface area contributed by atoms with Crippen molar-refractivity contribution in [1.29, 1.82) is 0 Å². The maximum atomic E-state index is 4.91. The number of rotatable bonds is 4. The molecule has 0 spiro atoms. The SMILES string of the molecule is CCNC(=NCC1CCN(c2ccccc2)C1)N1CCCC1. The number of nitrogens with zero attached hydrogens (tertiary/aromatic N) is 3. The van der Waals surface area contributed by atoms with E-state index in [1.165, 1.54) is 24.9 Å². The van der Waals surface area contributed by atoms with Gasteiger partial charge in [0.05, 0.1) is 0 Å². The topological polar surface area (TPSA) is 30.9 Å². The van der Waals surface area contributed by atoms with Crippen LogP contribution in [-0.2, 0) is 0 Å². The molecule has 2 fully saturated rings. The lowest BCUT2D eigenvalue weighted by atomic mass is 10.1. The molecule has 4 heteroatoms. The number of para-hydroxylation sites is 1. The zero-order valence-electron chi connectivity index (χ0n) is 13.7. The number of benzene rings is 1. The second-order valence-electron chi connectivity index (χ2n) is 6.33. The number of likely N-dealkylation sites (tertiary alicyclic amines) is 1. The number of aliphatic imine (C=N–C) groups is 1. The van der Waals surface area contributed by atoms with Crippen LogP contribution >= 0.6 is 0 Å². The predicted octanol–water partition coefficient (Wildman–Crippen LogP) is 2.57. The highest BCUT2D eigenvalue weighted by atomic mass is 15.3. The summed E-state index contributed by atoms with van der Waals surface area (Å²) < 4.78 is 0. The van der Waals surface area contributed by atoms with Crippen molar-refractivity contribution in [3.8, 4) is 0 Å². The summed E-state index contributed by atoms with van der Waals surface area (Å²) in [6.07, 6.45) is 3.85. The van der Waals surface area contributed by atoms with Crippen LogP contribution in [0.4, 0.5) is 5.69 Å². The highest BCUT2D eigenvalue weighted by Crippen LogP contribution is 2.23. The molecule has 2 saturated heterocycles. The minimum Gasteiger partial charge on any atom is -0.371 e. The van der Waals surface area contributed by atoms with Gasteiger partial charge in [0.2, 0.25) is 0 Å². The Morgan fingerprint density at radius 3 is 2.68 bits per heavy atom. The summed E-state index contributed by atoms with van der Waals surface area (Å²) in [4.78, 5) is 9.81. The third-order valence-electron chi connectivity index (χ3n) is 4.65. The van der Waals surface area contributed by atoms with Crippen LogP contribution in [0, 0.1) is 5.92 Å². The van der Waals surface area contributed by atoms with E-state index >= 15 is 0 Å². The molecule has 0 amide bonds. The van der Waals surface area contributed by atoms with E-state index in [2.05, 4.69) is 52.4 Å². The van der Waals surface area contributed by atoms with Crippen molar-refractivity contribution in [2.75, 3.05) is 44.2 Å². The standard InChI is InChI=1S/C18H28N4/c1-2-19-18(21-11-6-7-12-21)20-14-16-10-13-22(15-16)17-8-4-3-5-9-17/h3-5,8-9,16H,2,6-7,10-15H2,1H3,(H,19,20). The van der Waals surface area contributed by atoms with Crippen molar-refractivity contribution in [2.24, 2.45) is 10.9 Å². The van der Waals surface area contributed by atoms with E-state index in [-0.39, 0.29) is 0 Å². The smallest absolute Gasteiger partial charge is 0.193 e. The van der Waals surface area contributed by atoms with E-state index < -0.39 is 0 Å². The highest BCUT2D eigenvalue weighted by molar-refractivity contribution is 5.80. The molecule has 22 heavy (non-hydrogen) atoms. The summed E-state index contributed by atoms with van der Waals surface area (Å²) >= 11 is 0. The van der Waals surface area contributed by atoms with Crippen LogP contribution < -0.4 is 10.2 Å². The van der Waals surface area contributed by atoms with Crippen LogP contribution in [0.1, 0.15) is 26.2 Å². The second-order valence-corrected chi connectivity index (χ2v) is 6.33. The van der Waals surface area contributed by atoms with Crippen LogP contribution in [0.25, 0.3) is 0 Å². The third kappa shape index (κ3) is 3.73. The number of hydrogen-bond acceptors (Lipinski definition) is 2. The minimum atomic E-state index is 0.677. The first kappa shape index (κ1) is 15.2. The molecular formula is C18H28N4. The van der Waals surface area contributed by atoms with Crippen molar-refractivity contribution in [1.82, 2.24) is 10.2 Å². The molecule has 0 aromatic heterocycles. The minimum absolute atomic E-state index is 0.677. The molecule has 2 aliphatic heterocycles. The molecule has 3 rings (SSSR count). The first-order chi connectivity index (χ1) is 10.9. The predicted molar refractivity (Wildman–Crippen MR) is 93.5 cm³/mol. The molecule has 0 saturated carbocycles. The lowest BCUT2D eigenvalue weighted by Gasteiger charge is -2.21. The van der Waals surface area contributed by atoms with Gasteiger partial charge in [0.15, 0.2) is 5.96 Å². The Balaban J connectivity index is 1.55. The van der Waals surface area contributed by atoms with Gasteiger partial charge in [0, 0.05) is 45.0 Å². The molecule has 1 N–H and O–H groups in total. The monoisotopic (exact) mass is 300 g/mol. The maximum Gasteiger partial charge on any atom is 0.193 e. The Kier molecular flexibility index (Phi) is 5.20. The van der Waals surface area contributed by atoms with E-state index in [0.29, 0.717) is 5.92 Å². The van der Waals surface area contributed by atoms with Gasteiger partial charge in [-0.15, -0.1) is 0 Å². The van der Waals surface area contributed by atoms with E-state index in [9.17, 15) is 0 Å². The van der Waals surface area contributed by atoms with E-state index in [4.69, 9.17) is 4.99 Å². The molecule has 4 nitrogen and oxygen atoms in total. The summed E-state index contributed by atoms with van der Waals surface area (Å²) in [5.41, 5.74) is 1.35. The van der Waals surface area contributed by atoms with Gasteiger partial charge in [-0.2, -0.15) is 0 Å². The van der Waals surface area contributed by atoms with Crippen molar-refractivity contribution in [2.45, 2.75) is 26.2 Å². The molecule has 0 aliphatic carbocycles. The zero-order valence-corrected chi connectivity index (χ0v) is 13.7. The summed E-state index contributed by atoms with van der Waals surface area (Å²) in [7, 11) is 0. The molecule has 1 aromatic carbocycles. The molecule has 120 valence electrons. The molecule has 1 aromatic rings. The van der Waals surface area contributed by atoms with E-state index in [1.807, 2.05) is 0 Å². The second kappa shape index (κ2) is 7.52.